The number of likely N-dealkylation sites (tertiary alicyclic amines) is 1. The van der Waals surface area contributed by atoms with Gasteiger partial charge in [0.15, 0.2) is 0 Å². The Morgan fingerprint density at radius 1 is 1.10 bits per heavy atom. The summed E-state index contributed by atoms with van der Waals surface area (Å²) in [6.07, 6.45) is 2.39. The molecule has 7 nitrogen and oxygen atoms in total. The molecule has 2 aromatic carbocycles. The molecule has 0 radical (unpaired) electrons. The van der Waals surface area contributed by atoms with E-state index in [-0.39, 0.29) is 35.4 Å². The molecule has 0 spiro atoms. The smallest absolute Gasteiger partial charge is 0.261 e. The Labute approximate surface area is 181 Å². The number of anilines is 1. The van der Waals surface area contributed by atoms with E-state index in [0.717, 1.165) is 38.1 Å². The lowest BCUT2D eigenvalue weighted by Gasteiger charge is -2.31. The summed E-state index contributed by atoms with van der Waals surface area (Å²) < 4.78 is 40.1. The number of benzene rings is 2. The molecule has 1 unspecified atom stereocenters. The van der Waals surface area contributed by atoms with Gasteiger partial charge >= 0.3 is 0 Å². The van der Waals surface area contributed by atoms with Crippen molar-refractivity contribution in [3.63, 3.8) is 0 Å². The molecule has 1 aliphatic rings. The molecule has 0 bridgehead atoms. The predicted molar refractivity (Wildman–Crippen MR) is 116 cm³/mol. The number of piperidine rings is 1. The Hall–Kier alpha value is -2.94. The molecule has 3 rings (SSSR count). The standard InChI is InChI=1S/C22H26FN3O4S/c1-16-3-2-14-26(15-16)21(27)12-13-24-22(28)17-4-8-19(9-5-17)25-31(29,30)20-10-6-18(23)7-11-20/h4-11,16,25H,2-3,12-15H2,1H3,(H,24,28). The van der Waals surface area contributed by atoms with Gasteiger partial charge in [0, 0.05) is 37.3 Å². The fourth-order valence-corrected chi connectivity index (χ4v) is 4.54. The Morgan fingerprint density at radius 3 is 2.42 bits per heavy atom. The molecule has 1 fully saturated rings. The first kappa shape index (κ1) is 22.7. The van der Waals surface area contributed by atoms with Crippen molar-refractivity contribution in [1.29, 1.82) is 0 Å². The minimum absolute atomic E-state index is 0.0393. The lowest BCUT2D eigenvalue weighted by Crippen LogP contribution is -2.40. The van der Waals surface area contributed by atoms with Gasteiger partial charge in [0.2, 0.25) is 5.91 Å². The zero-order valence-electron chi connectivity index (χ0n) is 17.3. The molecule has 31 heavy (non-hydrogen) atoms. The molecular weight excluding hydrogens is 421 g/mol. The van der Waals surface area contributed by atoms with Crippen LogP contribution in [-0.4, -0.2) is 44.8 Å². The number of carbonyl (C=O) groups is 2. The second-order valence-corrected chi connectivity index (χ2v) is 9.41. The van der Waals surface area contributed by atoms with Gasteiger partial charge in [0.25, 0.3) is 15.9 Å². The molecule has 2 N–H and O–H groups in total. The van der Waals surface area contributed by atoms with Crippen LogP contribution in [0.3, 0.4) is 0 Å². The molecule has 2 aromatic rings. The molecular formula is C22H26FN3O4S. The van der Waals surface area contributed by atoms with Crippen molar-refractivity contribution in [3.05, 3.63) is 59.9 Å². The van der Waals surface area contributed by atoms with Crippen molar-refractivity contribution in [2.24, 2.45) is 5.92 Å². The van der Waals surface area contributed by atoms with Crippen LogP contribution in [0.2, 0.25) is 0 Å². The number of halogens is 1. The number of hydrogen-bond donors (Lipinski definition) is 2. The van der Waals surface area contributed by atoms with Gasteiger partial charge < -0.3 is 10.2 Å². The minimum atomic E-state index is -3.86. The van der Waals surface area contributed by atoms with E-state index in [9.17, 15) is 22.4 Å². The maximum absolute atomic E-state index is 13.0. The topological polar surface area (TPSA) is 95.6 Å². The van der Waals surface area contributed by atoms with Crippen LogP contribution >= 0.6 is 0 Å². The minimum Gasteiger partial charge on any atom is -0.352 e. The average molecular weight is 448 g/mol. The summed E-state index contributed by atoms with van der Waals surface area (Å²) in [5, 5.41) is 2.72. The number of sulfonamides is 1. The summed E-state index contributed by atoms with van der Waals surface area (Å²) in [5.41, 5.74) is 0.624. The van der Waals surface area contributed by atoms with Gasteiger partial charge in [-0.15, -0.1) is 0 Å². The van der Waals surface area contributed by atoms with E-state index in [0.29, 0.717) is 11.5 Å². The van der Waals surface area contributed by atoms with Crippen molar-refractivity contribution >= 4 is 27.5 Å². The molecule has 0 aromatic heterocycles. The van der Waals surface area contributed by atoms with E-state index < -0.39 is 15.8 Å². The lowest BCUT2D eigenvalue weighted by molar-refractivity contribution is -0.132. The molecule has 9 heteroatoms. The van der Waals surface area contributed by atoms with Gasteiger partial charge in [-0.05, 0) is 67.3 Å². The van der Waals surface area contributed by atoms with E-state index in [2.05, 4.69) is 17.0 Å². The highest BCUT2D eigenvalue weighted by atomic mass is 32.2. The number of nitrogens with one attached hydrogen (secondary N) is 2. The van der Waals surface area contributed by atoms with Gasteiger partial charge in [0.05, 0.1) is 4.90 Å². The largest absolute Gasteiger partial charge is 0.352 e. The van der Waals surface area contributed by atoms with E-state index in [1.54, 1.807) is 0 Å². The fourth-order valence-electron chi connectivity index (χ4n) is 3.48. The molecule has 0 saturated carbocycles. The maximum atomic E-state index is 13.0. The normalized spacial score (nSPS) is 16.6. The van der Waals surface area contributed by atoms with Crippen molar-refractivity contribution in [3.8, 4) is 0 Å². The van der Waals surface area contributed by atoms with Crippen LogP contribution < -0.4 is 10.0 Å². The highest BCUT2D eigenvalue weighted by molar-refractivity contribution is 7.92. The fraction of sp³-hybridized carbons (Fsp3) is 0.364. The highest BCUT2D eigenvalue weighted by Crippen LogP contribution is 2.18. The van der Waals surface area contributed by atoms with Gasteiger partial charge in [-0.1, -0.05) is 6.92 Å². The van der Waals surface area contributed by atoms with Crippen molar-refractivity contribution in [1.82, 2.24) is 10.2 Å². The van der Waals surface area contributed by atoms with Gasteiger partial charge in [0.1, 0.15) is 5.82 Å². The first-order valence-corrected chi connectivity index (χ1v) is 11.7. The van der Waals surface area contributed by atoms with Crippen LogP contribution in [0, 0.1) is 11.7 Å². The summed E-state index contributed by atoms with van der Waals surface area (Å²) in [6.45, 7) is 3.90. The second-order valence-electron chi connectivity index (χ2n) is 7.73. The molecule has 1 heterocycles. The summed E-state index contributed by atoms with van der Waals surface area (Å²) in [4.78, 5) is 26.3. The summed E-state index contributed by atoms with van der Waals surface area (Å²) in [6, 6.07) is 10.4. The Balaban J connectivity index is 1.50. The number of amides is 2. The zero-order valence-corrected chi connectivity index (χ0v) is 18.1. The number of hydrogen-bond acceptors (Lipinski definition) is 4. The number of carbonyl (C=O) groups excluding carboxylic acids is 2. The summed E-state index contributed by atoms with van der Waals surface area (Å²) in [7, 11) is -3.86. The second kappa shape index (κ2) is 9.91. The summed E-state index contributed by atoms with van der Waals surface area (Å²) in [5.74, 6) is -0.321. The Kier molecular flexibility index (Phi) is 7.27. The van der Waals surface area contributed by atoms with Gasteiger partial charge in [-0.2, -0.15) is 0 Å². The van der Waals surface area contributed by atoms with Crippen molar-refractivity contribution in [2.75, 3.05) is 24.4 Å². The Morgan fingerprint density at radius 2 is 1.77 bits per heavy atom. The SMILES string of the molecule is CC1CCCN(C(=O)CCNC(=O)c2ccc(NS(=O)(=O)c3ccc(F)cc3)cc2)C1. The van der Waals surface area contributed by atoms with E-state index in [4.69, 9.17) is 0 Å². The van der Waals surface area contributed by atoms with Crippen LogP contribution in [0.15, 0.2) is 53.4 Å². The van der Waals surface area contributed by atoms with Crippen LogP contribution in [0.25, 0.3) is 0 Å². The first-order valence-electron chi connectivity index (χ1n) is 10.2. The number of rotatable bonds is 7. The summed E-state index contributed by atoms with van der Waals surface area (Å²) >= 11 is 0. The molecule has 2 amide bonds. The molecule has 1 aliphatic heterocycles. The maximum Gasteiger partial charge on any atom is 0.261 e. The van der Waals surface area contributed by atoms with Gasteiger partial charge in [-0.25, -0.2) is 12.8 Å². The van der Waals surface area contributed by atoms with Crippen LogP contribution in [0.1, 0.15) is 36.5 Å². The quantitative estimate of drug-likeness (QED) is 0.682. The van der Waals surface area contributed by atoms with Crippen LogP contribution in [0.5, 0.6) is 0 Å². The van der Waals surface area contributed by atoms with Crippen molar-refractivity contribution < 1.29 is 22.4 Å². The predicted octanol–water partition coefficient (Wildman–Crippen LogP) is 3.00. The third-order valence-corrected chi connectivity index (χ3v) is 6.55. The average Bonchev–Trinajstić information content (AvgIpc) is 2.74. The molecule has 0 aliphatic carbocycles. The third-order valence-electron chi connectivity index (χ3n) is 5.16. The first-order chi connectivity index (χ1) is 14.7. The lowest BCUT2D eigenvalue weighted by atomic mass is 10.00. The van der Waals surface area contributed by atoms with Crippen LogP contribution in [-0.2, 0) is 14.8 Å². The van der Waals surface area contributed by atoms with Gasteiger partial charge in [-0.3, -0.25) is 14.3 Å². The molecule has 1 atom stereocenters. The molecule has 166 valence electrons. The Bertz CT molecular complexity index is 1020. The van der Waals surface area contributed by atoms with E-state index >= 15 is 0 Å². The monoisotopic (exact) mass is 447 g/mol. The third kappa shape index (κ3) is 6.27. The van der Waals surface area contributed by atoms with Crippen LogP contribution in [0.4, 0.5) is 10.1 Å². The highest BCUT2D eigenvalue weighted by Gasteiger charge is 2.20. The van der Waals surface area contributed by atoms with E-state index in [1.807, 2.05) is 4.90 Å². The molecule has 1 saturated heterocycles. The van der Waals surface area contributed by atoms with Crippen molar-refractivity contribution in [2.45, 2.75) is 31.1 Å². The van der Waals surface area contributed by atoms with E-state index in [1.165, 1.54) is 36.4 Å². The zero-order chi connectivity index (χ0) is 22.4. The number of nitrogens with zero attached hydrogens (tertiary/aromatic N) is 1.